The molecule has 2 aromatic carbocycles. The van der Waals surface area contributed by atoms with E-state index < -0.39 is 10.7 Å². The number of nitrogens with one attached hydrogen (secondary N) is 1. The van der Waals surface area contributed by atoms with Gasteiger partial charge in [-0.3, -0.25) is 14.9 Å². The number of ether oxygens (including phenoxy) is 1. The molecule has 2 aromatic rings. The maximum atomic E-state index is 13.7. The van der Waals surface area contributed by atoms with E-state index in [1.165, 1.54) is 13.2 Å². The molecule has 0 unspecified atom stereocenters. The number of piperidine rings is 1. The van der Waals surface area contributed by atoms with Crippen LogP contribution in [0.15, 0.2) is 36.4 Å². The molecule has 28 heavy (non-hydrogen) atoms. The van der Waals surface area contributed by atoms with Gasteiger partial charge in [-0.25, -0.2) is 4.39 Å². The molecule has 0 spiro atoms. The van der Waals surface area contributed by atoms with Crippen molar-refractivity contribution in [2.75, 3.05) is 25.5 Å². The number of rotatable bonds is 6. The van der Waals surface area contributed by atoms with Gasteiger partial charge in [0.2, 0.25) is 0 Å². The molecule has 1 saturated heterocycles. The SMILES string of the molecule is COc1cc(NCc2ccc(C(=O)N3CCCCC3)cc2)c([N+](=O)[O-])cc1F. The Balaban J connectivity index is 1.69. The summed E-state index contributed by atoms with van der Waals surface area (Å²) in [5.74, 6) is -0.839. The quantitative estimate of drug-likeness (QED) is 0.599. The smallest absolute Gasteiger partial charge is 0.295 e. The van der Waals surface area contributed by atoms with Gasteiger partial charge in [-0.1, -0.05) is 12.1 Å². The fraction of sp³-hybridized carbons (Fsp3) is 0.350. The number of anilines is 1. The van der Waals surface area contributed by atoms with Gasteiger partial charge in [-0.2, -0.15) is 0 Å². The molecule has 3 rings (SSSR count). The first-order valence-corrected chi connectivity index (χ1v) is 9.13. The number of likely N-dealkylation sites (tertiary alicyclic amines) is 1. The molecular weight excluding hydrogens is 365 g/mol. The van der Waals surface area contributed by atoms with Crippen molar-refractivity contribution in [2.24, 2.45) is 0 Å². The van der Waals surface area contributed by atoms with Gasteiger partial charge in [-0.15, -0.1) is 0 Å². The minimum absolute atomic E-state index is 0.0260. The molecule has 1 aliphatic heterocycles. The van der Waals surface area contributed by atoms with E-state index in [0.29, 0.717) is 5.56 Å². The van der Waals surface area contributed by atoms with E-state index in [4.69, 9.17) is 4.74 Å². The Morgan fingerprint density at radius 3 is 2.50 bits per heavy atom. The zero-order valence-corrected chi connectivity index (χ0v) is 15.6. The maximum absolute atomic E-state index is 13.7. The number of methoxy groups -OCH3 is 1. The highest BCUT2D eigenvalue weighted by molar-refractivity contribution is 5.94. The molecule has 1 fully saturated rings. The Hall–Kier alpha value is -3.16. The fourth-order valence-electron chi connectivity index (χ4n) is 3.23. The number of halogens is 1. The van der Waals surface area contributed by atoms with Crippen molar-refractivity contribution in [1.29, 1.82) is 0 Å². The van der Waals surface area contributed by atoms with Crippen LogP contribution in [0.2, 0.25) is 0 Å². The molecule has 1 N–H and O–H groups in total. The molecule has 1 amide bonds. The summed E-state index contributed by atoms with van der Waals surface area (Å²) < 4.78 is 18.6. The number of nitro groups is 1. The number of amides is 1. The highest BCUT2D eigenvalue weighted by atomic mass is 19.1. The maximum Gasteiger partial charge on any atom is 0.295 e. The van der Waals surface area contributed by atoms with E-state index in [0.717, 1.165) is 44.0 Å². The number of hydrogen-bond acceptors (Lipinski definition) is 5. The van der Waals surface area contributed by atoms with Gasteiger partial charge in [0.15, 0.2) is 11.6 Å². The van der Waals surface area contributed by atoms with Crippen molar-refractivity contribution >= 4 is 17.3 Å². The number of nitrogens with zero attached hydrogens (tertiary/aromatic N) is 2. The summed E-state index contributed by atoms with van der Waals surface area (Å²) in [6.07, 6.45) is 3.23. The highest BCUT2D eigenvalue weighted by Gasteiger charge is 2.20. The summed E-state index contributed by atoms with van der Waals surface area (Å²) in [7, 11) is 1.30. The van der Waals surface area contributed by atoms with E-state index in [-0.39, 0.29) is 29.6 Å². The van der Waals surface area contributed by atoms with Crippen LogP contribution in [0.4, 0.5) is 15.8 Å². The largest absolute Gasteiger partial charge is 0.494 e. The summed E-state index contributed by atoms with van der Waals surface area (Å²) in [4.78, 5) is 24.9. The van der Waals surface area contributed by atoms with E-state index in [9.17, 15) is 19.3 Å². The van der Waals surface area contributed by atoms with Crippen LogP contribution in [0.3, 0.4) is 0 Å². The van der Waals surface area contributed by atoms with Crippen molar-refractivity contribution in [2.45, 2.75) is 25.8 Å². The van der Waals surface area contributed by atoms with Gasteiger partial charge in [0.05, 0.1) is 18.1 Å². The Labute approximate surface area is 162 Å². The lowest BCUT2D eigenvalue weighted by atomic mass is 10.1. The van der Waals surface area contributed by atoms with Crippen LogP contribution in [0.25, 0.3) is 0 Å². The molecule has 1 aliphatic rings. The van der Waals surface area contributed by atoms with Crippen LogP contribution >= 0.6 is 0 Å². The van der Waals surface area contributed by atoms with Crippen molar-refractivity contribution < 1.29 is 18.8 Å². The fourth-order valence-corrected chi connectivity index (χ4v) is 3.23. The Bertz CT molecular complexity index is 864. The zero-order valence-electron chi connectivity index (χ0n) is 15.6. The molecule has 0 atom stereocenters. The molecule has 148 valence electrons. The number of carbonyl (C=O) groups is 1. The first-order chi connectivity index (χ1) is 13.5. The van der Waals surface area contributed by atoms with Gasteiger partial charge in [-0.05, 0) is 37.0 Å². The summed E-state index contributed by atoms with van der Waals surface area (Å²) in [6.45, 7) is 1.87. The Kier molecular flexibility index (Phi) is 6.08. The molecule has 0 radical (unpaired) electrons. The lowest BCUT2D eigenvalue weighted by molar-refractivity contribution is -0.384. The summed E-state index contributed by atoms with van der Waals surface area (Å²) in [6, 6.07) is 9.22. The number of carbonyl (C=O) groups excluding carboxylic acids is 1. The molecule has 0 aromatic heterocycles. The van der Waals surface area contributed by atoms with Crippen LogP contribution in [0, 0.1) is 15.9 Å². The Morgan fingerprint density at radius 1 is 1.21 bits per heavy atom. The normalized spacial score (nSPS) is 13.9. The number of benzene rings is 2. The molecule has 1 heterocycles. The van der Waals surface area contributed by atoms with Crippen LogP contribution in [0.5, 0.6) is 5.75 Å². The van der Waals surface area contributed by atoms with Gasteiger partial charge < -0.3 is 15.0 Å². The van der Waals surface area contributed by atoms with Crippen molar-refractivity contribution in [3.05, 3.63) is 63.5 Å². The number of hydrogen-bond donors (Lipinski definition) is 1. The third kappa shape index (κ3) is 4.39. The third-order valence-electron chi connectivity index (χ3n) is 4.79. The monoisotopic (exact) mass is 387 g/mol. The standard InChI is InChI=1S/C20H22FN3O4/c1-28-19-12-17(18(24(26)27)11-16(19)21)22-13-14-5-7-15(8-6-14)20(25)23-9-3-2-4-10-23/h5-8,11-12,22H,2-4,9-10,13H2,1H3. The second-order valence-corrected chi connectivity index (χ2v) is 6.66. The second kappa shape index (κ2) is 8.69. The molecule has 0 bridgehead atoms. The van der Waals surface area contributed by atoms with Gasteiger partial charge >= 0.3 is 0 Å². The first kappa shape index (κ1) is 19.6. The van der Waals surface area contributed by atoms with Gasteiger partial charge in [0.1, 0.15) is 5.69 Å². The van der Waals surface area contributed by atoms with Gasteiger partial charge in [0, 0.05) is 31.3 Å². The zero-order chi connectivity index (χ0) is 20.1. The second-order valence-electron chi connectivity index (χ2n) is 6.66. The van der Waals surface area contributed by atoms with Crippen molar-refractivity contribution in [1.82, 2.24) is 4.90 Å². The average Bonchev–Trinajstić information content (AvgIpc) is 2.73. The minimum Gasteiger partial charge on any atom is -0.494 e. The molecule has 8 heteroatoms. The lowest BCUT2D eigenvalue weighted by Gasteiger charge is -2.26. The lowest BCUT2D eigenvalue weighted by Crippen LogP contribution is -2.35. The molecule has 0 aliphatic carbocycles. The topological polar surface area (TPSA) is 84.7 Å². The first-order valence-electron chi connectivity index (χ1n) is 9.13. The molecule has 0 saturated carbocycles. The van der Waals surface area contributed by atoms with E-state index in [1.54, 1.807) is 24.3 Å². The third-order valence-corrected chi connectivity index (χ3v) is 4.79. The average molecular weight is 387 g/mol. The van der Waals surface area contributed by atoms with Crippen LogP contribution in [-0.2, 0) is 6.54 Å². The molecular formula is C20H22FN3O4. The van der Waals surface area contributed by atoms with Crippen LogP contribution < -0.4 is 10.1 Å². The van der Waals surface area contributed by atoms with E-state index in [1.807, 2.05) is 4.90 Å². The van der Waals surface area contributed by atoms with Crippen molar-refractivity contribution in [3.63, 3.8) is 0 Å². The van der Waals surface area contributed by atoms with Crippen LogP contribution in [0.1, 0.15) is 35.2 Å². The Morgan fingerprint density at radius 2 is 1.89 bits per heavy atom. The predicted octanol–water partition coefficient (Wildman–Crippen LogP) is 3.98. The highest BCUT2D eigenvalue weighted by Crippen LogP contribution is 2.32. The summed E-state index contributed by atoms with van der Waals surface area (Å²) >= 11 is 0. The van der Waals surface area contributed by atoms with Crippen LogP contribution in [-0.4, -0.2) is 35.9 Å². The molecule has 7 nitrogen and oxygen atoms in total. The predicted molar refractivity (Wildman–Crippen MR) is 103 cm³/mol. The number of nitro benzene ring substituents is 1. The summed E-state index contributed by atoms with van der Waals surface area (Å²) in [5, 5.41) is 14.1. The van der Waals surface area contributed by atoms with Gasteiger partial charge in [0.25, 0.3) is 11.6 Å². The van der Waals surface area contributed by atoms with E-state index in [2.05, 4.69) is 5.32 Å². The van der Waals surface area contributed by atoms with E-state index >= 15 is 0 Å². The van der Waals surface area contributed by atoms with Crippen molar-refractivity contribution in [3.8, 4) is 5.75 Å². The minimum atomic E-state index is -0.791. The summed E-state index contributed by atoms with van der Waals surface area (Å²) in [5.41, 5.74) is 1.26.